The van der Waals surface area contributed by atoms with Crippen molar-refractivity contribution < 1.29 is 36.7 Å². The molecule has 8 heteroatoms. The molecule has 1 fully saturated rings. The standard InChI is InChI=1S/K.O4S2.Pt/c;1-6(2)3-5-4-6;. The molecule has 1 saturated heterocycles. The first kappa shape index (κ1) is 13.2. The third kappa shape index (κ3) is 4.37. The van der Waals surface area contributed by atoms with Gasteiger partial charge in [-0.05, 0) is 0 Å². The van der Waals surface area contributed by atoms with Crippen LogP contribution in [-0.2, 0) is 38.7 Å². The van der Waals surface area contributed by atoms with Crippen molar-refractivity contribution in [1.29, 1.82) is 0 Å². The largest absolute Gasteiger partial charge is 0.425 e. The molecule has 0 N–H and O–H groups in total. The smallest absolute Gasteiger partial charge is 0.167 e. The molecule has 47 valence electrons. The van der Waals surface area contributed by atoms with E-state index in [1.54, 1.807) is 0 Å². The van der Waals surface area contributed by atoms with Gasteiger partial charge in [0, 0.05) is 72.4 Å². The van der Waals surface area contributed by atoms with Crippen LogP contribution in [0.4, 0.5) is 0 Å². The van der Waals surface area contributed by atoms with E-state index in [1.807, 2.05) is 0 Å². The molecule has 1 radical (unpaired) electrons. The van der Waals surface area contributed by atoms with E-state index < -0.39 is 10.4 Å². The summed E-state index contributed by atoms with van der Waals surface area (Å²) in [6, 6.07) is 0. The second-order valence-corrected chi connectivity index (χ2v) is 2.65. The first-order valence-corrected chi connectivity index (χ1v) is 3.00. The summed E-state index contributed by atoms with van der Waals surface area (Å²) in [7, 11) is -3.52. The SMILES string of the molecule is O=S1(=O)OSO1.[K].[Pt]. The van der Waals surface area contributed by atoms with E-state index >= 15 is 0 Å². The molecule has 4 nitrogen and oxygen atoms in total. The van der Waals surface area contributed by atoms with Crippen molar-refractivity contribution in [3.63, 3.8) is 0 Å². The minimum absolute atomic E-state index is 0. The van der Waals surface area contributed by atoms with Gasteiger partial charge in [0.1, 0.15) is 0 Å². The first-order valence-electron chi connectivity index (χ1n) is 1.00. The van der Waals surface area contributed by atoms with Crippen LogP contribution in [0, 0.1) is 0 Å². The van der Waals surface area contributed by atoms with Gasteiger partial charge < -0.3 is 0 Å². The van der Waals surface area contributed by atoms with Gasteiger partial charge in [-0.1, -0.05) is 0 Å². The Labute approximate surface area is 108 Å². The number of rotatable bonds is 0. The number of hydrogen-bond donors (Lipinski definition) is 0. The molecule has 1 heterocycles. The van der Waals surface area contributed by atoms with Crippen molar-refractivity contribution in [1.82, 2.24) is 0 Å². The summed E-state index contributed by atoms with van der Waals surface area (Å²) in [5.74, 6) is 0. The van der Waals surface area contributed by atoms with Crippen LogP contribution < -0.4 is 0 Å². The van der Waals surface area contributed by atoms with Crippen molar-refractivity contribution in [3.05, 3.63) is 0 Å². The summed E-state index contributed by atoms with van der Waals surface area (Å²) in [5.41, 5.74) is 0. The van der Waals surface area contributed by atoms with E-state index in [2.05, 4.69) is 7.26 Å². The van der Waals surface area contributed by atoms with E-state index in [1.165, 1.54) is 0 Å². The molecule has 0 saturated carbocycles. The molecule has 0 bridgehead atoms. The molecule has 0 unspecified atom stereocenters. The fraction of sp³-hybridized carbons (Fsp3) is 0. The summed E-state index contributed by atoms with van der Waals surface area (Å²) >= 11 is 0.456. The predicted octanol–water partition coefficient (Wildman–Crippen LogP) is -0.542. The van der Waals surface area contributed by atoms with E-state index in [0.717, 1.165) is 0 Å². The molecule has 1 aliphatic heterocycles. The maximum Gasteiger partial charge on any atom is 0.425 e. The Morgan fingerprint density at radius 2 is 1.50 bits per heavy atom. The third-order valence-corrected chi connectivity index (χ3v) is 2.00. The number of hydrogen-bond acceptors (Lipinski definition) is 5. The fourth-order valence-electron chi connectivity index (χ4n) is 0.0731. The van der Waals surface area contributed by atoms with Crippen molar-refractivity contribution in [3.8, 4) is 0 Å². The average Bonchev–Trinajstić information content (AvgIpc) is 1.32. The van der Waals surface area contributed by atoms with Crippen LogP contribution in [-0.4, -0.2) is 59.8 Å². The van der Waals surface area contributed by atoms with Crippen LogP contribution in [0.15, 0.2) is 0 Å². The van der Waals surface area contributed by atoms with Gasteiger partial charge in [0.15, 0.2) is 12.3 Å². The van der Waals surface area contributed by atoms with Gasteiger partial charge in [-0.3, -0.25) is 0 Å². The van der Waals surface area contributed by atoms with Gasteiger partial charge in [-0.25, -0.2) is 0 Å². The topological polar surface area (TPSA) is 52.6 Å². The molecule has 0 atom stereocenters. The molecule has 0 aromatic rings. The Balaban J connectivity index is 0. The zero-order chi connectivity index (χ0) is 4.62. The van der Waals surface area contributed by atoms with Gasteiger partial charge in [-0.2, -0.15) is 8.42 Å². The van der Waals surface area contributed by atoms with Gasteiger partial charge in [0.05, 0.1) is 0 Å². The Bertz CT molecular complexity index is 128. The van der Waals surface area contributed by atoms with Crippen LogP contribution in [0.25, 0.3) is 0 Å². The van der Waals surface area contributed by atoms with Crippen molar-refractivity contribution in [2.24, 2.45) is 0 Å². The summed E-state index contributed by atoms with van der Waals surface area (Å²) in [6.45, 7) is 0. The molecule has 0 aromatic heterocycles. The zero-order valence-electron chi connectivity index (χ0n) is 3.77. The Morgan fingerprint density at radius 1 is 1.25 bits per heavy atom. The molecule has 1 rings (SSSR count). The van der Waals surface area contributed by atoms with Crippen LogP contribution in [0.3, 0.4) is 0 Å². The van der Waals surface area contributed by atoms with Crippen molar-refractivity contribution in [2.45, 2.75) is 0 Å². The summed E-state index contributed by atoms with van der Waals surface area (Å²) < 4.78 is 26.8. The quantitative estimate of drug-likeness (QED) is 0.428. The summed E-state index contributed by atoms with van der Waals surface area (Å²) in [6.07, 6.45) is 0. The van der Waals surface area contributed by atoms with E-state index in [0.29, 0.717) is 12.3 Å². The van der Waals surface area contributed by atoms with Crippen molar-refractivity contribution in [2.75, 3.05) is 0 Å². The molecule has 0 aliphatic carbocycles. The summed E-state index contributed by atoms with van der Waals surface area (Å²) in [4.78, 5) is 0. The van der Waals surface area contributed by atoms with Crippen LogP contribution >= 0.6 is 12.3 Å². The second-order valence-electron chi connectivity index (χ2n) is 0.612. The van der Waals surface area contributed by atoms with Crippen LogP contribution in [0.5, 0.6) is 0 Å². The van der Waals surface area contributed by atoms with E-state index in [9.17, 15) is 8.42 Å². The average molecular weight is 362 g/mol. The third-order valence-electron chi connectivity index (χ3n) is 0.222. The molecule has 8 heavy (non-hydrogen) atoms. The van der Waals surface area contributed by atoms with E-state index in [4.69, 9.17) is 0 Å². The Kier molecular flexibility index (Phi) is 8.60. The van der Waals surface area contributed by atoms with Gasteiger partial charge in [0.25, 0.3) is 0 Å². The van der Waals surface area contributed by atoms with E-state index in [-0.39, 0.29) is 72.4 Å². The van der Waals surface area contributed by atoms with Crippen LogP contribution in [0.1, 0.15) is 0 Å². The summed E-state index contributed by atoms with van der Waals surface area (Å²) in [5, 5.41) is 0. The van der Waals surface area contributed by atoms with Crippen LogP contribution in [0.2, 0.25) is 0 Å². The first-order chi connectivity index (χ1) is 2.71. The molecule has 0 spiro atoms. The minimum Gasteiger partial charge on any atom is -0.167 e. The molecule has 0 aromatic carbocycles. The molecular formula is KO4PtS2. The molecule has 0 amide bonds. The maximum absolute atomic E-state index is 9.62. The Morgan fingerprint density at radius 3 is 1.50 bits per heavy atom. The van der Waals surface area contributed by atoms with Gasteiger partial charge >= 0.3 is 10.4 Å². The van der Waals surface area contributed by atoms with Gasteiger partial charge in [-0.15, -0.1) is 7.26 Å². The monoisotopic (exact) mass is 362 g/mol. The maximum atomic E-state index is 9.62. The zero-order valence-corrected chi connectivity index (χ0v) is 10.8. The molecule has 1 aliphatic rings. The van der Waals surface area contributed by atoms with Gasteiger partial charge in [0.2, 0.25) is 0 Å². The Hall–Kier alpha value is 2.54. The second kappa shape index (κ2) is 5.23. The predicted molar refractivity (Wildman–Crippen MR) is 24.4 cm³/mol. The fourth-order valence-corrected chi connectivity index (χ4v) is 0.658. The minimum atomic E-state index is -3.52. The normalized spacial score (nSPS) is 21.5. The van der Waals surface area contributed by atoms with Crippen molar-refractivity contribution >= 4 is 74.1 Å². The molecular weight excluding hydrogens is 362 g/mol.